The lowest BCUT2D eigenvalue weighted by Gasteiger charge is -2.25. The maximum Gasteiger partial charge on any atom is 0.0792 e. The minimum absolute atomic E-state index is 0.305. The Morgan fingerprint density at radius 1 is 1.08 bits per heavy atom. The maximum absolute atomic E-state index is 8.64. The van der Waals surface area contributed by atoms with Gasteiger partial charge in [-0.05, 0) is 13.5 Å². The molecular weight excluding hydrogens is 164 g/mol. The van der Waals surface area contributed by atoms with E-state index in [1.165, 1.54) is 13.0 Å². The number of aliphatic hydroxyl groups excluding tert-OH is 1. The molecule has 0 radical (unpaired) electrons. The van der Waals surface area contributed by atoms with Crippen LogP contribution in [0.5, 0.6) is 0 Å². The van der Waals surface area contributed by atoms with E-state index in [-0.39, 0.29) is 0 Å². The van der Waals surface area contributed by atoms with E-state index in [0.29, 0.717) is 6.61 Å². The molecule has 0 unspecified atom stereocenters. The second kappa shape index (κ2) is 6.35. The van der Waals surface area contributed by atoms with Gasteiger partial charge in [0.15, 0.2) is 0 Å². The van der Waals surface area contributed by atoms with Crippen LogP contribution in [-0.4, -0.2) is 68.9 Å². The van der Waals surface area contributed by atoms with Gasteiger partial charge in [0, 0.05) is 26.1 Å². The molecule has 0 bridgehead atoms. The van der Waals surface area contributed by atoms with Crippen molar-refractivity contribution in [2.75, 3.05) is 54.4 Å². The van der Waals surface area contributed by atoms with Crippen LogP contribution in [0.15, 0.2) is 0 Å². The van der Waals surface area contributed by atoms with E-state index in [9.17, 15) is 0 Å². The smallest absolute Gasteiger partial charge is 0.0792 e. The molecule has 0 saturated heterocycles. The molecular formula is C10H25N2O+. The molecule has 0 aliphatic carbocycles. The van der Waals surface area contributed by atoms with Crippen molar-refractivity contribution in [3.8, 4) is 0 Å². The van der Waals surface area contributed by atoms with Gasteiger partial charge in [-0.25, -0.2) is 0 Å². The molecule has 13 heavy (non-hydrogen) atoms. The van der Waals surface area contributed by atoms with Crippen molar-refractivity contribution in [3.63, 3.8) is 0 Å². The zero-order chi connectivity index (χ0) is 10.3. The molecule has 0 aliphatic heterocycles. The number of hydrogen-bond acceptors (Lipinski definition) is 2. The van der Waals surface area contributed by atoms with Crippen LogP contribution in [0.4, 0.5) is 0 Å². The second-order valence-electron chi connectivity index (χ2n) is 4.75. The average Bonchev–Trinajstić information content (AvgIpc) is 1.98. The van der Waals surface area contributed by atoms with Crippen LogP contribution in [-0.2, 0) is 0 Å². The molecule has 0 heterocycles. The number of aliphatic hydroxyl groups is 1. The van der Waals surface area contributed by atoms with Gasteiger partial charge in [0.1, 0.15) is 0 Å². The summed E-state index contributed by atoms with van der Waals surface area (Å²) in [5.41, 5.74) is 0. The van der Waals surface area contributed by atoms with Gasteiger partial charge >= 0.3 is 0 Å². The highest BCUT2D eigenvalue weighted by Gasteiger charge is 2.06. The molecule has 0 aromatic heterocycles. The van der Waals surface area contributed by atoms with E-state index in [2.05, 4.69) is 33.1 Å². The zero-order valence-electron chi connectivity index (χ0n) is 9.58. The van der Waals surface area contributed by atoms with Crippen molar-refractivity contribution in [3.05, 3.63) is 0 Å². The minimum Gasteiger partial charge on any atom is -0.396 e. The van der Waals surface area contributed by atoms with Crippen LogP contribution in [0.25, 0.3) is 0 Å². The standard InChI is InChI=1S/C10H25N2O/c1-11(8-6-10-13)7-5-9-12(2,3)4/h13H,5-10H2,1-4H3/q+1. The van der Waals surface area contributed by atoms with Crippen LogP contribution in [0.3, 0.4) is 0 Å². The van der Waals surface area contributed by atoms with E-state index >= 15 is 0 Å². The fraction of sp³-hybridized carbons (Fsp3) is 1.00. The molecule has 1 N–H and O–H groups in total. The van der Waals surface area contributed by atoms with Crippen LogP contribution in [0.1, 0.15) is 12.8 Å². The van der Waals surface area contributed by atoms with E-state index in [1.807, 2.05) is 0 Å². The summed E-state index contributed by atoms with van der Waals surface area (Å²) < 4.78 is 1.04. The molecule has 3 heteroatoms. The molecule has 0 amide bonds. The Kier molecular flexibility index (Phi) is 6.29. The quantitative estimate of drug-likeness (QED) is 0.586. The monoisotopic (exact) mass is 189 g/mol. The molecule has 0 saturated carbocycles. The van der Waals surface area contributed by atoms with Crippen LogP contribution in [0, 0.1) is 0 Å². The fourth-order valence-corrected chi connectivity index (χ4v) is 1.27. The number of nitrogens with zero attached hydrogens (tertiary/aromatic N) is 2. The first-order chi connectivity index (χ1) is 5.95. The Morgan fingerprint density at radius 3 is 2.08 bits per heavy atom. The van der Waals surface area contributed by atoms with E-state index in [4.69, 9.17) is 5.11 Å². The average molecular weight is 189 g/mol. The van der Waals surface area contributed by atoms with Gasteiger partial charge in [0.25, 0.3) is 0 Å². The van der Waals surface area contributed by atoms with Crippen LogP contribution in [0.2, 0.25) is 0 Å². The topological polar surface area (TPSA) is 23.5 Å². The first kappa shape index (κ1) is 12.9. The number of rotatable bonds is 7. The zero-order valence-corrected chi connectivity index (χ0v) is 9.58. The highest BCUT2D eigenvalue weighted by atomic mass is 16.3. The van der Waals surface area contributed by atoms with Crippen LogP contribution >= 0.6 is 0 Å². The third-order valence-corrected chi connectivity index (χ3v) is 2.07. The third-order valence-electron chi connectivity index (χ3n) is 2.07. The number of quaternary nitrogens is 1. The normalized spacial score (nSPS) is 12.5. The van der Waals surface area contributed by atoms with Crippen molar-refractivity contribution >= 4 is 0 Å². The lowest BCUT2D eigenvalue weighted by molar-refractivity contribution is -0.870. The molecule has 0 aromatic rings. The summed E-state index contributed by atoms with van der Waals surface area (Å²) in [6.45, 7) is 3.66. The van der Waals surface area contributed by atoms with Gasteiger partial charge in [0.05, 0.1) is 27.7 Å². The highest BCUT2D eigenvalue weighted by molar-refractivity contribution is 4.50. The van der Waals surface area contributed by atoms with Crippen molar-refractivity contribution in [1.82, 2.24) is 4.90 Å². The fourth-order valence-electron chi connectivity index (χ4n) is 1.27. The largest absolute Gasteiger partial charge is 0.396 e. The Bertz CT molecular complexity index is 121. The van der Waals surface area contributed by atoms with Crippen molar-refractivity contribution < 1.29 is 9.59 Å². The molecule has 0 aromatic carbocycles. The summed E-state index contributed by atoms with van der Waals surface area (Å²) in [6.07, 6.45) is 2.12. The lowest BCUT2D eigenvalue weighted by Crippen LogP contribution is -2.37. The van der Waals surface area contributed by atoms with Gasteiger partial charge in [-0.3, -0.25) is 0 Å². The lowest BCUT2D eigenvalue weighted by atomic mass is 10.3. The van der Waals surface area contributed by atoms with Gasteiger partial charge in [-0.15, -0.1) is 0 Å². The summed E-state index contributed by atoms with van der Waals surface area (Å²) in [7, 11) is 8.76. The summed E-state index contributed by atoms with van der Waals surface area (Å²) in [6, 6.07) is 0. The molecule has 0 spiro atoms. The summed E-state index contributed by atoms with van der Waals surface area (Å²) in [5, 5.41) is 8.64. The maximum atomic E-state index is 8.64. The molecule has 0 atom stereocenters. The van der Waals surface area contributed by atoms with E-state index in [0.717, 1.165) is 24.0 Å². The molecule has 0 aliphatic rings. The van der Waals surface area contributed by atoms with Crippen molar-refractivity contribution in [2.45, 2.75) is 12.8 Å². The Morgan fingerprint density at radius 2 is 1.62 bits per heavy atom. The molecule has 0 rings (SSSR count). The number of hydrogen-bond donors (Lipinski definition) is 1. The Hall–Kier alpha value is -0.120. The van der Waals surface area contributed by atoms with E-state index in [1.54, 1.807) is 0 Å². The molecule has 3 nitrogen and oxygen atoms in total. The highest BCUT2D eigenvalue weighted by Crippen LogP contribution is 1.96. The van der Waals surface area contributed by atoms with E-state index < -0.39 is 0 Å². The summed E-state index contributed by atoms with van der Waals surface area (Å²) in [4.78, 5) is 2.28. The van der Waals surface area contributed by atoms with Crippen molar-refractivity contribution in [2.24, 2.45) is 0 Å². The molecule has 80 valence electrons. The summed E-state index contributed by atoms with van der Waals surface area (Å²) >= 11 is 0. The molecule has 0 fully saturated rings. The van der Waals surface area contributed by atoms with Gasteiger partial charge < -0.3 is 14.5 Å². The summed E-state index contributed by atoms with van der Waals surface area (Å²) in [5.74, 6) is 0. The van der Waals surface area contributed by atoms with Gasteiger partial charge in [-0.1, -0.05) is 0 Å². The predicted molar refractivity (Wildman–Crippen MR) is 56.7 cm³/mol. The van der Waals surface area contributed by atoms with Gasteiger partial charge in [0.2, 0.25) is 0 Å². The first-order valence-corrected chi connectivity index (χ1v) is 5.05. The van der Waals surface area contributed by atoms with Crippen molar-refractivity contribution in [1.29, 1.82) is 0 Å². The third kappa shape index (κ3) is 9.80. The Labute approximate surface area is 82.5 Å². The minimum atomic E-state index is 0.305. The van der Waals surface area contributed by atoms with Gasteiger partial charge in [-0.2, -0.15) is 0 Å². The van der Waals surface area contributed by atoms with Crippen LogP contribution < -0.4 is 0 Å². The predicted octanol–water partition coefficient (Wildman–Crippen LogP) is 0.397. The second-order valence-corrected chi connectivity index (χ2v) is 4.75. The SMILES string of the molecule is CN(CCCO)CCC[N+](C)(C)C. The first-order valence-electron chi connectivity index (χ1n) is 5.05. The Balaban J connectivity index is 3.31.